The van der Waals surface area contributed by atoms with Gasteiger partial charge >= 0.3 is 0 Å². The van der Waals surface area contributed by atoms with Gasteiger partial charge < -0.3 is 10.1 Å². The van der Waals surface area contributed by atoms with Gasteiger partial charge in [0.25, 0.3) is 0 Å². The number of nitrogens with one attached hydrogen (secondary N) is 1. The topological polar surface area (TPSA) is 21.3 Å². The van der Waals surface area contributed by atoms with Crippen LogP contribution in [-0.4, -0.2) is 13.2 Å². The summed E-state index contributed by atoms with van der Waals surface area (Å²) in [5.41, 5.74) is 2.92. The van der Waals surface area contributed by atoms with Crippen LogP contribution in [0.2, 0.25) is 0 Å². The molecule has 2 atom stereocenters. The fourth-order valence-corrected chi connectivity index (χ4v) is 2.85. The zero-order valence-corrected chi connectivity index (χ0v) is 11.8. The fourth-order valence-electron chi connectivity index (χ4n) is 2.85. The first-order valence-corrected chi connectivity index (χ1v) is 7.21. The lowest BCUT2D eigenvalue weighted by atomic mass is 9.87. The van der Waals surface area contributed by atoms with Crippen molar-refractivity contribution < 1.29 is 4.74 Å². The molecule has 2 nitrogen and oxygen atoms in total. The molecule has 2 rings (SSSR count). The molecular formula is C16H25NO. The second-order valence-corrected chi connectivity index (χ2v) is 5.31. The Morgan fingerprint density at radius 2 is 2.28 bits per heavy atom. The van der Waals surface area contributed by atoms with E-state index in [4.69, 9.17) is 4.74 Å². The number of fused-ring (bicyclic) bond motifs is 1. The van der Waals surface area contributed by atoms with Gasteiger partial charge in [0.05, 0.1) is 6.10 Å². The molecule has 0 aromatic heterocycles. The van der Waals surface area contributed by atoms with Gasteiger partial charge in [0.2, 0.25) is 0 Å². The van der Waals surface area contributed by atoms with Crippen LogP contribution < -0.4 is 10.1 Å². The first-order valence-electron chi connectivity index (χ1n) is 7.21. The highest BCUT2D eigenvalue weighted by atomic mass is 16.5. The number of aryl methyl sites for hydroxylation is 1. The van der Waals surface area contributed by atoms with Crippen molar-refractivity contribution in [2.24, 2.45) is 0 Å². The molecule has 2 heteroatoms. The smallest absolute Gasteiger partial charge is 0.120 e. The molecule has 0 saturated heterocycles. The van der Waals surface area contributed by atoms with Crippen LogP contribution in [0.4, 0.5) is 0 Å². The molecule has 2 unspecified atom stereocenters. The average Bonchev–Trinajstić information content (AvgIpc) is 2.38. The highest BCUT2D eigenvalue weighted by Crippen LogP contribution is 2.32. The van der Waals surface area contributed by atoms with Crippen LogP contribution in [0, 0.1) is 0 Å². The van der Waals surface area contributed by atoms with Crippen LogP contribution in [0.3, 0.4) is 0 Å². The van der Waals surface area contributed by atoms with E-state index in [1.165, 1.54) is 36.8 Å². The van der Waals surface area contributed by atoms with Crippen LogP contribution in [0.25, 0.3) is 0 Å². The molecule has 18 heavy (non-hydrogen) atoms. The summed E-state index contributed by atoms with van der Waals surface area (Å²) in [7, 11) is 2.05. The number of ether oxygens (including phenoxy) is 1. The summed E-state index contributed by atoms with van der Waals surface area (Å²) in [6.07, 6.45) is 6.32. The lowest BCUT2D eigenvalue weighted by molar-refractivity contribution is 0.209. The number of hydrogen-bond donors (Lipinski definition) is 1. The summed E-state index contributed by atoms with van der Waals surface area (Å²) in [6.45, 7) is 4.35. The van der Waals surface area contributed by atoms with E-state index in [0.29, 0.717) is 12.1 Å². The summed E-state index contributed by atoms with van der Waals surface area (Å²) in [6, 6.07) is 7.11. The maximum absolute atomic E-state index is 5.99. The molecule has 1 aliphatic rings. The summed E-state index contributed by atoms with van der Waals surface area (Å²) in [5.74, 6) is 1.02. The number of rotatable bonds is 5. The van der Waals surface area contributed by atoms with E-state index < -0.39 is 0 Å². The molecule has 0 bridgehead atoms. The van der Waals surface area contributed by atoms with E-state index in [1.807, 2.05) is 7.05 Å². The second-order valence-electron chi connectivity index (χ2n) is 5.31. The minimum absolute atomic E-state index is 0.310. The van der Waals surface area contributed by atoms with E-state index in [1.54, 1.807) is 0 Å². The van der Waals surface area contributed by atoms with Crippen molar-refractivity contribution in [2.75, 3.05) is 7.05 Å². The highest BCUT2D eigenvalue weighted by Gasteiger charge is 2.19. The Morgan fingerprint density at radius 1 is 1.44 bits per heavy atom. The molecular weight excluding hydrogens is 222 g/mol. The lowest BCUT2D eigenvalue weighted by Gasteiger charge is -2.26. The summed E-state index contributed by atoms with van der Waals surface area (Å²) >= 11 is 0. The molecule has 0 aliphatic heterocycles. The molecule has 1 aromatic carbocycles. The van der Waals surface area contributed by atoms with Crippen LogP contribution in [0.1, 0.15) is 56.7 Å². The monoisotopic (exact) mass is 247 g/mol. The molecule has 1 aromatic rings. The normalized spacial score (nSPS) is 20.3. The van der Waals surface area contributed by atoms with Gasteiger partial charge in [0.15, 0.2) is 0 Å². The lowest BCUT2D eigenvalue weighted by Crippen LogP contribution is -2.21. The van der Waals surface area contributed by atoms with Crippen molar-refractivity contribution in [1.29, 1.82) is 0 Å². The molecule has 0 fully saturated rings. The van der Waals surface area contributed by atoms with Gasteiger partial charge in [-0.25, -0.2) is 0 Å². The molecule has 0 spiro atoms. The molecule has 100 valence electrons. The van der Waals surface area contributed by atoms with Gasteiger partial charge in [-0.3, -0.25) is 0 Å². The number of benzene rings is 1. The Hall–Kier alpha value is -1.02. The molecule has 0 heterocycles. The van der Waals surface area contributed by atoms with Gasteiger partial charge in [0, 0.05) is 6.04 Å². The standard InChI is InChI=1S/C16H25NO/c1-4-6-12(2)18-14-10-9-13-7-5-8-16(17-3)15(13)11-14/h9-12,16-17H,4-8H2,1-3H3. The Kier molecular flexibility index (Phi) is 4.65. The summed E-state index contributed by atoms with van der Waals surface area (Å²) in [5, 5.41) is 3.41. The maximum Gasteiger partial charge on any atom is 0.120 e. The molecule has 1 N–H and O–H groups in total. The first kappa shape index (κ1) is 13.4. The largest absolute Gasteiger partial charge is 0.491 e. The summed E-state index contributed by atoms with van der Waals surface area (Å²) < 4.78 is 5.99. The van der Waals surface area contributed by atoms with Crippen molar-refractivity contribution >= 4 is 0 Å². The maximum atomic E-state index is 5.99. The minimum atomic E-state index is 0.310. The van der Waals surface area contributed by atoms with E-state index in [0.717, 1.165) is 12.2 Å². The quantitative estimate of drug-likeness (QED) is 0.853. The molecule has 0 saturated carbocycles. The molecule has 0 amide bonds. The van der Waals surface area contributed by atoms with Crippen molar-refractivity contribution in [2.45, 2.75) is 58.1 Å². The van der Waals surface area contributed by atoms with Crippen molar-refractivity contribution in [1.82, 2.24) is 5.32 Å². The van der Waals surface area contributed by atoms with E-state index in [2.05, 4.69) is 37.4 Å². The zero-order chi connectivity index (χ0) is 13.0. The Morgan fingerprint density at radius 3 is 3.00 bits per heavy atom. The Balaban J connectivity index is 2.14. The van der Waals surface area contributed by atoms with Crippen LogP contribution in [0.5, 0.6) is 5.75 Å². The van der Waals surface area contributed by atoms with Crippen molar-refractivity contribution in [3.63, 3.8) is 0 Å². The first-order chi connectivity index (χ1) is 8.74. The Labute approximate surface area is 111 Å². The van der Waals surface area contributed by atoms with Crippen LogP contribution in [-0.2, 0) is 6.42 Å². The third-order valence-electron chi connectivity index (χ3n) is 3.81. The van der Waals surface area contributed by atoms with Crippen molar-refractivity contribution in [3.05, 3.63) is 29.3 Å². The van der Waals surface area contributed by atoms with Gasteiger partial charge in [-0.05, 0) is 62.9 Å². The van der Waals surface area contributed by atoms with E-state index >= 15 is 0 Å². The molecule has 0 radical (unpaired) electrons. The van der Waals surface area contributed by atoms with Crippen LogP contribution >= 0.6 is 0 Å². The third-order valence-corrected chi connectivity index (χ3v) is 3.81. The van der Waals surface area contributed by atoms with E-state index in [9.17, 15) is 0 Å². The predicted octanol–water partition coefficient (Wildman–Crippen LogP) is 3.85. The van der Waals surface area contributed by atoms with Gasteiger partial charge in [-0.2, -0.15) is 0 Å². The highest BCUT2D eigenvalue weighted by molar-refractivity contribution is 5.39. The van der Waals surface area contributed by atoms with Gasteiger partial charge in [0.1, 0.15) is 5.75 Å². The summed E-state index contributed by atoms with van der Waals surface area (Å²) in [4.78, 5) is 0. The third kappa shape index (κ3) is 3.05. The van der Waals surface area contributed by atoms with Crippen LogP contribution in [0.15, 0.2) is 18.2 Å². The SMILES string of the molecule is CCCC(C)Oc1ccc2c(c1)C(NC)CCC2. The van der Waals surface area contributed by atoms with E-state index in [-0.39, 0.29) is 0 Å². The average molecular weight is 247 g/mol. The van der Waals surface area contributed by atoms with Gasteiger partial charge in [-0.15, -0.1) is 0 Å². The zero-order valence-electron chi connectivity index (χ0n) is 11.8. The molecule has 1 aliphatic carbocycles. The second kappa shape index (κ2) is 6.24. The predicted molar refractivity (Wildman–Crippen MR) is 76.2 cm³/mol. The number of hydrogen-bond acceptors (Lipinski definition) is 2. The fraction of sp³-hybridized carbons (Fsp3) is 0.625. The Bertz CT molecular complexity index is 389. The van der Waals surface area contributed by atoms with Crippen molar-refractivity contribution in [3.8, 4) is 5.75 Å². The van der Waals surface area contributed by atoms with Gasteiger partial charge in [-0.1, -0.05) is 19.4 Å². The minimum Gasteiger partial charge on any atom is -0.491 e.